The van der Waals surface area contributed by atoms with Crippen molar-refractivity contribution in [2.24, 2.45) is 0 Å². The van der Waals surface area contributed by atoms with E-state index in [4.69, 9.17) is 5.73 Å². The molecule has 0 radical (unpaired) electrons. The minimum Gasteiger partial charge on any atom is -0.382 e. The summed E-state index contributed by atoms with van der Waals surface area (Å²) in [6.45, 7) is 4.35. The molecule has 0 unspecified atom stereocenters. The van der Waals surface area contributed by atoms with E-state index in [2.05, 4.69) is 10.00 Å². The zero-order valence-electron chi connectivity index (χ0n) is 10.4. The highest BCUT2D eigenvalue weighted by atomic mass is 19.1. The van der Waals surface area contributed by atoms with Gasteiger partial charge in [-0.15, -0.1) is 0 Å². The SMILES string of the molecule is CCN(CCn1ccc(N)n1)c1cccc(F)c1. The molecule has 0 aliphatic rings. The zero-order valence-corrected chi connectivity index (χ0v) is 10.4. The molecule has 5 heteroatoms. The third kappa shape index (κ3) is 3.00. The number of anilines is 2. The van der Waals surface area contributed by atoms with Gasteiger partial charge in [0.15, 0.2) is 0 Å². The molecule has 1 aromatic carbocycles. The second kappa shape index (κ2) is 5.53. The Bertz CT molecular complexity index is 509. The van der Waals surface area contributed by atoms with E-state index in [0.717, 1.165) is 25.3 Å². The van der Waals surface area contributed by atoms with Gasteiger partial charge < -0.3 is 10.6 Å². The zero-order chi connectivity index (χ0) is 13.0. The second-order valence-corrected chi connectivity index (χ2v) is 4.06. The lowest BCUT2D eigenvalue weighted by Crippen LogP contribution is -2.27. The number of benzene rings is 1. The Hall–Kier alpha value is -2.04. The van der Waals surface area contributed by atoms with Gasteiger partial charge in [-0.1, -0.05) is 6.07 Å². The van der Waals surface area contributed by atoms with E-state index >= 15 is 0 Å². The van der Waals surface area contributed by atoms with Crippen molar-refractivity contribution in [1.82, 2.24) is 9.78 Å². The smallest absolute Gasteiger partial charge is 0.145 e. The fourth-order valence-electron chi connectivity index (χ4n) is 1.87. The van der Waals surface area contributed by atoms with Gasteiger partial charge in [-0.25, -0.2) is 4.39 Å². The Labute approximate surface area is 106 Å². The summed E-state index contributed by atoms with van der Waals surface area (Å²) in [7, 11) is 0. The third-order valence-electron chi connectivity index (χ3n) is 2.82. The van der Waals surface area contributed by atoms with E-state index in [9.17, 15) is 4.39 Å². The number of hydrogen-bond acceptors (Lipinski definition) is 3. The summed E-state index contributed by atoms with van der Waals surface area (Å²) in [6.07, 6.45) is 1.84. The van der Waals surface area contributed by atoms with Crippen molar-refractivity contribution in [3.05, 3.63) is 42.3 Å². The van der Waals surface area contributed by atoms with Gasteiger partial charge in [-0.2, -0.15) is 5.10 Å². The molecule has 0 aliphatic carbocycles. The van der Waals surface area contributed by atoms with E-state index in [1.807, 2.05) is 19.2 Å². The molecule has 0 bridgehead atoms. The summed E-state index contributed by atoms with van der Waals surface area (Å²) in [4.78, 5) is 2.10. The molecule has 0 saturated heterocycles. The standard InChI is InChI=1S/C13H17FN4/c1-2-17(12-5-3-4-11(14)10-12)8-9-18-7-6-13(15)16-18/h3-7,10H,2,8-9H2,1H3,(H2,15,16). The first kappa shape index (κ1) is 12.4. The lowest BCUT2D eigenvalue weighted by atomic mass is 10.2. The van der Waals surface area contributed by atoms with Crippen LogP contribution in [0.2, 0.25) is 0 Å². The predicted molar refractivity (Wildman–Crippen MR) is 70.9 cm³/mol. The number of hydrogen-bond donors (Lipinski definition) is 1. The van der Waals surface area contributed by atoms with Gasteiger partial charge in [0.1, 0.15) is 11.6 Å². The van der Waals surface area contributed by atoms with Crippen LogP contribution in [0.5, 0.6) is 0 Å². The highest BCUT2D eigenvalue weighted by Crippen LogP contribution is 2.15. The summed E-state index contributed by atoms with van der Waals surface area (Å²) in [5, 5.41) is 4.12. The van der Waals surface area contributed by atoms with Gasteiger partial charge in [0.05, 0.1) is 6.54 Å². The molecule has 0 amide bonds. The average molecular weight is 248 g/mol. The number of nitrogens with two attached hydrogens (primary N) is 1. The summed E-state index contributed by atoms with van der Waals surface area (Å²) in [6, 6.07) is 8.38. The van der Waals surface area contributed by atoms with E-state index in [1.165, 1.54) is 6.07 Å². The summed E-state index contributed by atoms with van der Waals surface area (Å²) < 4.78 is 15.0. The minimum atomic E-state index is -0.214. The van der Waals surface area contributed by atoms with Crippen molar-refractivity contribution >= 4 is 11.5 Å². The summed E-state index contributed by atoms with van der Waals surface area (Å²) >= 11 is 0. The number of rotatable bonds is 5. The summed E-state index contributed by atoms with van der Waals surface area (Å²) in [5.74, 6) is 0.304. The summed E-state index contributed by atoms with van der Waals surface area (Å²) in [5.41, 5.74) is 6.44. The Morgan fingerprint density at radius 3 is 2.83 bits per heavy atom. The average Bonchev–Trinajstić information content (AvgIpc) is 2.76. The topological polar surface area (TPSA) is 47.1 Å². The lowest BCUT2D eigenvalue weighted by Gasteiger charge is -2.23. The first-order valence-electron chi connectivity index (χ1n) is 5.98. The Morgan fingerprint density at radius 1 is 1.39 bits per heavy atom. The van der Waals surface area contributed by atoms with Crippen LogP contribution < -0.4 is 10.6 Å². The van der Waals surface area contributed by atoms with Gasteiger partial charge in [0.2, 0.25) is 0 Å². The molecule has 1 aromatic heterocycles. The Kier molecular flexibility index (Phi) is 3.82. The van der Waals surface area contributed by atoms with Gasteiger partial charge in [-0.05, 0) is 31.2 Å². The van der Waals surface area contributed by atoms with E-state index in [0.29, 0.717) is 5.82 Å². The molecule has 18 heavy (non-hydrogen) atoms. The van der Waals surface area contributed by atoms with Crippen molar-refractivity contribution in [3.8, 4) is 0 Å². The van der Waals surface area contributed by atoms with Crippen LogP contribution in [0, 0.1) is 5.82 Å². The molecule has 1 heterocycles. The van der Waals surface area contributed by atoms with Crippen LogP contribution in [-0.2, 0) is 6.54 Å². The normalized spacial score (nSPS) is 10.6. The van der Waals surface area contributed by atoms with Gasteiger partial charge in [0.25, 0.3) is 0 Å². The predicted octanol–water partition coefficient (Wildman–Crippen LogP) is 2.13. The molecule has 0 spiro atoms. The third-order valence-corrected chi connectivity index (χ3v) is 2.82. The fraction of sp³-hybridized carbons (Fsp3) is 0.308. The van der Waals surface area contributed by atoms with E-state index < -0.39 is 0 Å². The number of nitrogens with zero attached hydrogens (tertiary/aromatic N) is 3. The molecule has 0 saturated carbocycles. The maximum absolute atomic E-state index is 13.2. The molecule has 2 rings (SSSR count). The second-order valence-electron chi connectivity index (χ2n) is 4.06. The van der Waals surface area contributed by atoms with Crippen molar-refractivity contribution in [2.45, 2.75) is 13.5 Å². The van der Waals surface area contributed by atoms with Crippen LogP contribution in [0.15, 0.2) is 36.5 Å². The number of aromatic nitrogens is 2. The van der Waals surface area contributed by atoms with Gasteiger partial charge in [0, 0.05) is 25.0 Å². The number of nitrogen functional groups attached to an aromatic ring is 1. The van der Waals surface area contributed by atoms with Crippen LogP contribution in [0.25, 0.3) is 0 Å². The van der Waals surface area contributed by atoms with Crippen molar-refractivity contribution in [1.29, 1.82) is 0 Å². The first-order valence-corrected chi connectivity index (χ1v) is 5.98. The first-order chi connectivity index (χ1) is 8.69. The highest BCUT2D eigenvalue weighted by molar-refractivity contribution is 5.46. The molecule has 96 valence electrons. The number of halogens is 1. The van der Waals surface area contributed by atoms with Crippen molar-refractivity contribution in [2.75, 3.05) is 23.7 Å². The fourth-order valence-corrected chi connectivity index (χ4v) is 1.87. The molecule has 2 N–H and O–H groups in total. The molecular weight excluding hydrogens is 231 g/mol. The molecule has 0 atom stereocenters. The van der Waals surface area contributed by atoms with E-state index in [1.54, 1.807) is 22.9 Å². The van der Waals surface area contributed by atoms with Crippen LogP contribution >= 0.6 is 0 Å². The monoisotopic (exact) mass is 248 g/mol. The van der Waals surface area contributed by atoms with Crippen LogP contribution in [-0.4, -0.2) is 22.9 Å². The molecular formula is C13H17FN4. The van der Waals surface area contributed by atoms with Gasteiger partial charge in [-0.3, -0.25) is 4.68 Å². The molecule has 0 aliphatic heterocycles. The maximum atomic E-state index is 13.2. The largest absolute Gasteiger partial charge is 0.382 e. The maximum Gasteiger partial charge on any atom is 0.145 e. The van der Waals surface area contributed by atoms with Crippen LogP contribution in [0.3, 0.4) is 0 Å². The van der Waals surface area contributed by atoms with E-state index in [-0.39, 0.29) is 5.82 Å². The highest BCUT2D eigenvalue weighted by Gasteiger charge is 2.05. The molecule has 0 fully saturated rings. The quantitative estimate of drug-likeness (QED) is 0.881. The number of likely N-dealkylation sites (N-methyl/N-ethyl adjacent to an activating group) is 1. The molecule has 4 nitrogen and oxygen atoms in total. The lowest BCUT2D eigenvalue weighted by molar-refractivity contribution is 0.598. The minimum absolute atomic E-state index is 0.214. The Balaban J connectivity index is 2.01. The van der Waals surface area contributed by atoms with Gasteiger partial charge >= 0.3 is 0 Å². The van der Waals surface area contributed by atoms with Crippen LogP contribution in [0.4, 0.5) is 15.9 Å². The Morgan fingerprint density at radius 2 is 2.22 bits per heavy atom. The van der Waals surface area contributed by atoms with Crippen molar-refractivity contribution in [3.63, 3.8) is 0 Å². The molecule has 2 aromatic rings. The van der Waals surface area contributed by atoms with Crippen molar-refractivity contribution < 1.29 is 4.39 Å². The van der Waals surface area contributed by atoms with Crippen LogP contribution in [0.1, 0.15) is 6.92 Å².